The number of aliphatic hydroxyl groups excluding tert-OH is 1. The van der Waals surface area contributed by atoms with Crippen LogP contribution in [0.4, 0.5) is 0 Å². The number of benzene rings is 2. The number of ether oxygens (including phenoxy) is 1. The standard InChI is InChI=1S/C27H29N3O4/c1-3-6-19-8-12-21(13-9-19)22-14-10-20(11-15-22)18-34-27(2,26(32)29-33)25(31)23-17-30-16-5-4-7-24(30)28-23/h4-5,7-17,25,31,33H,3,6,18H2,1-2H3,(H,29,32)/t25-,27+/m1/s1. The molecular formula is C27H29N3O4. The third kappa shape index (κ3) is 4.87. The van der Waals surface area contributed by atoms with Gasteiger partial charge in [0.2, 0.25) is 0 Å². The van der Waals surface area contributed by atoms with Crippen molar-refractivity contribution in [2.24, 2.45) is 0 Å². The Morgan fingerprint density at radius 2 is 1.71 bits per heavy atom. The summed E-state index contributed by atoms with van der Waals surface area (Å²) >= 11 is 0. The molecule has 0 unspecified atom stereocenters. The maximum atomic E-state index is 12.5. The molecule has 0 saturated heterocycles. The van der Waals surface area contributed by atoms with E-state index in [0.717, 1.165) is 29.5 Å². The van der Waals surface area contributed by atoms with Crippen LogP contribution < -0.4 is 5.48 Å². The van der Waals surface area contributed by atoms with Crippen LogP contribution in [0.1, 0.15) is 43.2 Å². The molecule has 4 rings (SSSR count). The van der Waals surface area contributed by atoms with Crippen molar-refractivity contribution in [3.8, 4) is 11.1 Å². The molecule has 3 N–H and O–H groups in total. The fourth-order valence-electron chi connectivity index (χ4n) is 3.93. The van der Waals surface area contributed by atoms with Gasteiger partial charge in [-0.05, 0) is 47.7 Å². The van der Waals surface area contributed by atoms with E-state index in [1.54, 1.807) is 28.3 Å². The number of nitrogens with one attached hydrogen (secondary N) is 1. The highest BCUT2D eigenvalue weighted by molar-refractivity contribution is 5.84. The van der Waals surface area contributed by atoms with Gasteiger partial charge in [-0.3, -0.25) is 10.0 Å². The Labute approximate surface area is 198 Å². The van der Waals surface area contributed by atoms with Crippen molar-refractivity contribution in [2.45, 2.75) is 45.0 Å². The molecule has 2 atom stereocenters. The molecule has 0 fully saturated rings. The smallest absolute Gasteiger partial charge is 0.278 e. The fourth-order valence-corrected chi connectivity index (χ4v) is 3.93. The second-order valence-corrected chi connectivity index (χ2v) is 8.51. The van der Waals surface area contributed by atoms with Crippen molar-refractivity contribution < 1.29 is 19.8 Å². The Morgan fingerprint density at radius 1 is 1.06 bits per heavy atom. The van der Waals surface area contributed by atoms with E-state index in [2.05, 4.69) is 36.2 Å². The molecule has 0 aliphatic rings. The largest absolute Gasteiger partial charge is 0.383 e. The number of aryl methyl sites for hydroxylation is 1. The number of amides is 1. The predicted molar refractivity (Wildman–Crippen MR) is 129 cm³/mol. The molecule has 0 aliphatic carbocycles. The number of pyridine rings is 1. The Kier molecular flexibility index (Phi) is 7.07. The van der Waals surface area contributed by atoms with Crippen LogP contribution in [-0.2, 0) is 22.6 Å². The average Bonchev–Trinajstić information content (AvgIpc) is 3.31. The molecule has 4 aromatic rings. The Morgan fingerprint density at radius 3 is 2.29 bits per heavy atom. The summed E-state index contributed by atoms with van der Waals surface area (Å²) in [5.74, 6) is -0.860. The van der Waals surface area contributed by atoms with Gasteiger partial charge in [0.15, 0.2) is 5.60 Å². The summed E-state index contributed by atoms with van der Waals surface area (Å²) in [7, 11) is 0. The molecule has 7 nitrogen and oxygen atoms in total. The lowest BCUT2D eigenvalue weighted by atomic mass is 9.95. The first kappa shape index (κ1) is 23.6. The summed E-state index contributed by atoms with van der Waals surface area (Å²) in [5.41, 5.74) is 5.08. The normalized spacial score (nSPS) is 14.0. The molecule has 2 aromatic heterocycles. The van der Waals surface area contributed by atoms with E-state index in [0.29, 0.717) is 5.65 Å². The SMILES string of the molecule is CCCc1ccc(-c2ccc(CO[C@](C)(C(=O)NO)[C@H](O)c3cn4ccccc4n3)cc2)cc1. The van der Waals surface area contributed by atoms with Gasteiger partial charge in [0.1, 0.15) is 11.8 Å². The van der Waals surface area contributed by atoms with E-state index >= 15 is 0 Å². The minimum absolute atomic E-state index is 0.0596. The van der Waals surface area contributed by atoms with E-state index in [1.165, 1.54) is 12.5 Å². The Bertz CT molecular complexity index is 1220. The lowest BCUT2D eigenvalue weighted by Crippen LogP contribution is -2.50. The van der Waals surface area contributed by atoms with Crippen LogP contribution in [0.25, 0.3) is 16.8 Å². The summed E-state index contributed by atoms with van der Waals surface area (Å²) in [5, 5.41) is 20.3. The van der Waals surface area contributed by atoms with Gasteiger partial charge >= 0.3 is 0 Å². The number of hydrogen-bond acceptors (Lipinski definition) is 5. The molecule has 176 valence electrons. The maximum Gasteiger partial charge on any atom is 0.278 e. The third-order valence-electron chi connectivity index (χ3n) is 6.06. The monoisotopic (exact) mass is 459 g/mol. The first-order valence-corrected chi connectivity index (χ1v) is 11.3. The van der Waals surface area contributed by atoms with Gasteiger partial charge in [0, 0.05) is 12.4 Å². The van der Waals surface area contributed by atoms with Gasteiger partial charge in [-0.1, -0.05) is 67.9 Å². The third-order valence-corrected chi connectivity index (χ3v) is 6.06. The zero-order valence-electron chi connectivity index (χ0n) is 19.3. The lowest BCUT2D eigenvalue weighted by molar-refractivity contribution is -0.174. The van der Waals surface area contributed by atoms with Crippen LogP contribution in [-0.4, -0.2) is 31.2 Å². The van der Waals surface area contributed by atoms with Gasteiger partial charge in [-0.15, -0.1) is 0 Å². The van der Waals surface area contributed by atoms with Crippen LogP contribution in [0.15, 0.2) is 79.1 Å². The van der Waals surface area contributed by atoms with Crippen LogP contribution in [0.5, 0.6) is 0 Å². The van der Waals surface area contributed by atoms with Crippen molar-refractivity contribution >= 4 is 11.6 Å². The highest BCUT2D eigenvalue weighted by atomic mass is 16.5. The number of carbonyl (C=O) groups excluding carboxylic acids is 1. The van der Waals surface area contributed by atoms with Gasteiger partial charge in [0.05, 0.1) is 12.3 Å². The molecule has 0 saturated carbocycles. The number of rotatable bonds is 9. The zero-order chi connectivity index (χ0) is 24.1. The Hall–Kier alpha value is -3.52. The highest BCUT2D eigenvalue weighted by Gasteiger charge is 2.44. The van der Waals surface area contributed by atoms with Crippen LogP contribution in [0, 0.1) is 0 Å². The van der Waals surface area contributed by atoms with E-state index in [1.807, 2.05) is 36.4 Å². The first-order chi connectivity index (χ1) is 16.4. The number of imidazole rings is 1. The quantitative estimate of drug-likeness (QED) is 0.254. The van der Waals surface area contributed by atoms with Crippen molar-refractivity contribution in [1.82, 2.24) is 14.9 Å². The maximum absolute atomic E-state index is 12.5. The topological polar surface area (TPSA) is 96.1 Å². The summed E-state index contributed by atoms with van der Waals surface area (Å²) in [6.07, 6.45) is 4.21. The summed E-state index contributed by atoms with van der Waals surface area (Å²) in [4.78, 5) is 16.9. The van der Waals surface area contributed by atoms with Crippen molar-refractivity contribution in [2.75, 3.05) is 0 Å². The molecule has 34 heavy (non-hydrogen) atoms. The van der Waals surface area contributed by atoms with Gasteiger partial charge in [-0.25, -0.2) is 10.5 Å². The van der Waals surface area contributed by atoms with E-state index < -0.39 is 17.6 Å². The molecular weight excluding hydrogens is 430 g/mol. The van der Waals surface area contributed by atoms with Gasteiger partial charge in [-0.2, -0.15) is 0 Å². The molecule has 0 spiro atoms. The van der Waals surface area contributed by atoms with E-state index in [9.17, 15) is 15.1 Å². The number of hydrogen-bond donors (Lipinski definition) is 3. The van der Waals surface area contributed by atoms with Crippen LogP contribution >= 0.6 is 0 Å². The molecule has 2 aromatic carbocycles. The van der Waals surface area contributed by atoms with Gasteiger partial charge in [0.25, 0.3) is 5.91 Å². The predicted octanol–water partition coefficient (Wildman–Crippen LogP) is 4.47. The van der Waals surface area contributed by atoms with E-state index in [-0.39, 0.29) is 12.3 Å². The first-order valence-electron chi connectivity index (χ1n) is 11.3. The van der Waals surface area contributed by atoms with E-state index in [4.69, 9.17) is 4.74 Å². The van der Waals surface area contributed by atoms with Crippen LogP contribution in [0.2, 0.25) is 0 Å². The highest BCUT2D eigenvalue weighted by Crippen LogP contribution is 2.31. The van der Waals surface area contributed by atoms with Crippen molar-refractivity contribution in [3.63, 3.8) is 0 Å². The van der Waals surface area contributed by atoms with Crippen LogP contribution in [0.3, 0.4) is 0 Å². The zero-order valence-corrected chi connectivity index (χ0v) is 19.3. The molecule has 0 bridgehead atoms. The molecule has 2 heterocycles. The number of aliphatic hydroxyl groups is 1. The number of fused-ring (bicyclic) bond motifs is 1. The van der Waals surface area contributed by atoms with Gasteiger partial charge < -0.3 is 14.2 Å². The second-order valence-electron chi connectivity index (χ2n) is 8.51. The molecule has 1 amide bonds. The number of aromatic nitrogens is 2. The number of carbonyl (C=O) groups is 1. The molecule has 7 heteroatoms. The summed E-state index contributed by atoms with van der Waals surface area (Å²) in [6.45, 7) is 3.66. The minimum atomic E-state index is -1.76. The minimum Gasteiger partial charge on any atom is -0.383 e. The molecule has 0 radical (unpaired) electrons. The molecule has 0 aliphatic heterocycles. The fraction of sp³-hybridized carbons (Fsp3) is 0.259. The second kappa shape index (κ2) is 10.2. The van der Waals surface area contributed by atoms with Crippen molar-refractivity contribution in [3.05, 3.63) is 95.9 Å². The average molecular weight is 460 g/mol. The summed E-state index contributed by atoms with van der Waals surface area (Å²) in [6, 6.07) is 21.8. The number of hydroxylamine groups is 1. The van der Waals surface area contributed by atoms with Crippen molar-refractivity contribution in [1.29, 1.82) is 0 Å². The number of nitrogens with zero attached hydrogens (tertiary/aromatic N) is 2. The summed E-state index contributed by atoms with van der Waals surface area (Å²) < 4.78 is 7.64. The lowest BCUT2D eigenvalue weighted by Gasteiger charge is -2.31. The Balaban J connectivity index is 1.50.